The Bertz CT molecular complexity index is 945. The van der Waals surface area contributed by atoms with Crippen LogP contribution in [0.15, 0.2) is 30.6 Å². The van der Waals surface area contributed by atoms with E-state index in [-0.39, 0.29) is 23.8 Å². The molecule has 0 bridgehead atoms. The molecule has 28 heavy (non-hydrogen) atoms. The minimum absolute atomic E-state index is 0.00201. The van der Waals surface area contributed by atoms with E-state index in [2.05, 4.69) is 5.10 Å². The fourth-order valence-electron chi connectivity index (χ4n) is 4.11. The van der Waals surface area contributed by atoms with Gasteiger partial charge in [0.05, 0.1) is 42.9 Å². The van der Waals surface area contributed by atoms with Gasteiger partial charge in [-0.1, -0.05) is 6.07 Å². The van der Waals surface area contributed by atoms with Gasteiger partial charge in [-0.25, -0.2) is 0 Å². The van der Waals surface area contributed by atoms with Crippen LogP contribution >= 0.6 is 0 Å². The summed E-state index contributed by atoms with van der Waals surface area (Å²) in [5.41, 5.74) is 3.63. The molecular weight excluding hydrogens is 356 g/mol. The molecule has 1 saturated carbocycles. The number of nitrogens with zero attached hydrogens (tertiary/aromatic N) is 4. The summed E-state index contributed by atoms with van der Waals surface area (Å²) >= 11 is 0. The van der Waals surface area contributed by atoms with Crippen molar-refractivity contribution in [2.45, 2.75) is 38.8 Å². The lowest BCUT2D eigenvalue weighted by Crippen LogP contribution is -2.51. The van der Waals surface area contributed by atoms with Crippen molar-refractivity contribution < 1.29 is 14.3 Å². The van der Waals surface area contributed by atoms with E-state index in [9.17, 15) is 9.59 Å². The standard InChI is InChI=1S/C21H24N4O3/c1-13-9-23(21(27)15-3-4-15)20-7-16(5-6-19(20)25(13)14(2)26)17-8-22-24(10-17)18-11-28-12-18/h5-8,10,13,15,18H,3-4,9,11-12H2,1-2H3. The number of rotatable bonds is 3. The molecule has 1 unspecified atom stereocenters. The second kappa shape index (κ2) is 6.44. The van der Waals surface area contributed by atoms with Gasteiger partial charge < -0.3 is 14.5 Å². The number of carbonyl (C=O) groups is 2. The number of fused-ring (bicyclic) bond motifs is 1. The van der Waals surface area contributed by atoms with Crippen LogP contribution in [-0.2, 0) is 14.3 Å². The fraction of sp³-hybridized carbons (Fsp3) is 0.476. The first-order valence-corrected chi connectivity index (χ1v) is 9.90. The molecule has 0 N–H and O–H groups in total. The minimum atomic E-state index is -0.0417. The average Bonchev–Trinajstić information content (AvgIpc) is 3.37. The monoisotopic (exact) mass is 380 g/mol. The smallest absolute Gasteiger partial charge is 0.230 e. The van der Waals surface area contributed by atoms with E-state index in [0.29, 0.717) is 25.8 Å². The summed E-state index contributed by atoms with van der Waals surface area (Å²) in [5.74, 6) is 0.308. The van der Waals surface area contributed by atoms with Crippen LogP contribution in [0.1, 0.15) is 32.7 Å². The van der Waals surface area contributed by atoms with Gasteiger partial charge in [0.25, 0.3) is 0 Å². The van der Waals surface area contributed by atoms with Crippen LogP contribution in [0.5, 0.6) is 0 Å². The van der Waals surface area contributed by atoms with E-state index in [1.54, 1.807) is 11.8 Å². The lowest BCUT2D eigenvalue weighted by Gasteiger charge is -2.41. The molecule has 1 aromatic carbocycles. The van der Waals surface area contributed by atoms with E-state index < -0.39 is 0 Å². The zero-order valence-electron chi connectivity index (χ0n) is 16.2. The molecule has 0 spiro atoms. The van der Waals surface area contributed by atoms with E-state index in [1.165, 1.54) is 0 Å². The SMILES string of the molecule is CC(=O)N1c2ccc(-c3cnn(C4COC4)c3)cc2N(C(=O)C2CC2)CC1C. The van der Waals surface area contributed by atoms with Crippen LogP contribution < -0.4 is 9.80 Å². The summed E-state index contributed by atoms with van der Waals surface area (Å²) in [6.45, 7) is 5.50. The molecule has 1 aliphatic carbocycles. The van der Waals surface area contributed by atoms with Crippen LogP contribution in [0.3, 0.4) is 0 Å². The first kappa shape index (κ1) is 17.4. The summed E-state index contributed by atoms with van der Waals surface area (Å²) in [5, 5.41) is 4.47. The Labute approximate surface area is 163 Å². The molecule has 7 heteroatoms. The van der Waals surface area contributed by atoms with Crippen molar-refractivity contribution in [2.75, 3.05) is 29.6 Å². The number of ether oxygens (including phenoxy) is 1. The van der Waals surface area contributed by atoms with Crippen LogP contribution in [0.4, 0.5) is 11.4 Å². The van der Waals surface area contributed by atoms with Crippen molar-refractivity contribution in [3.63, 3.8) is 0 Å². The molecule has 7 nitrogen and oxygen atoms in total. The second-order valence-corrected chi connectivity index (χ2v) is 8.06. The van der Waals surface area contributed by atoms with Gasteiger partial charge in [-0.15, -0.1) is 0 Å². The van der Waals surface area contributed by atoms with E-state index in [4.69, 9.17) is 4.74 Å². The third-order valence-electron chi connectivity index (χ3n) is 5.87. The van der Waals surface area contributed by atoms with Gasteiger partial charge >= 0.3 is 0 Å². The summed E-state index contributed by atoms with van der Waals surface area (Å²) in [6, 6.07) is 6.24. The quantitative estimate of drug-likeness (QED) is 0.821. The molecule has 1 saturated heterocycles. The molecule has 1 aromatic heterocycles. The number of amides is 2. The zero-order valence-corrected chi connectivity index (χ0v) is 16.2. The Hall–Kier alpha value is -2.67. The molecule has 2 fully saturated rings. The van der Waals surface area contributed by atoms with Gasteiger partial charge in [0, 0.05) is 31.1 Å². The van der Waals surface area contributed by atoms with E-state index in [0.717, 1.165) is 35.3 Å². The number of aromatic nitrogens is 2. The normalized spacial score (nSPS) is 22.0. The number of hydrogen-bond donors (Lipinski definition) is 0. The summed E-state index contributed by atoms with van der Waals surface area (Å²) < 4.78 is 7.19. The topological polar surface area (TPSA) is 67.7 Å². The molecule has 1 atom stereocenters. The predicted octanol–water partition coefficient (Wildman–Crippen LogP) is 2.62. The molecule has 3 heterocycles. The van der Waals surface area contributed by atoms with Crippen molar-refractivity contribution >= 4 is 23.2 Å². The lowest BCUT2D eigenvalue weighted by molar-refractivity contribution is -0.120. The molecule has 2 aromatic rings. The highest BCUT2D eigenvalue weighted by Gasteiger charge is 2.39. The van der Waals surface area contributed by atoms with Crippen molar-refractivity contribution in [3.8, 4) is 11.1 Å². The number of hydrogen-bond acceptors (Lipinski definition) is 4. The summed E-state index contributed by atoms with van der Waals surface area (Å²) in [6.07, 6.45) is 5.80. The van der Waals surface area contributed by atoms with Gasteiger partial charge in [0.15, 0.2) is 0 Å². The van der Waals surface area contributed by atoms with Crippen LogP contribution in [0.2, 0.25) is 0 Å². The largest absolute Gasteiger partial charge is 0.377 e. The summed E-state index contributed by atoms with van der Waals surface area (Å²) in [4.78, 5) is 28.9. The Morgan fingerprint density at radius 2 is 1.93 bits per heavy atom. The first-order valence-electron chi connectivity index (χ1n) is 9.90. The number of anilines is 2. The highest BCUT2D eigenvalue weighted by molar-refractivity contribution is 6.06. The maximum Gasteiger partial charge on any atom is 0.230 e. The van der Waals surface area contributed by atoms with Gasteiger partial charge in [0.1, 0.15) is 0 Å². The van der Waals surface area contributed by atoms with Crippen LogP contribution in [0, 0.1) is 5.92 Å². The zero-order chi connectivity index (χ0) is 19.4. The Morgan fingerprint density at radius 3 is 2.57 bits per heavy atom. The maximum atomic E-state index is 12.9. The maximum absolute atomic E-state index is 12.9. The van der Waals surface area contributed by atoms with E-state index in [1.807, 2.05) is 47.1 Å². The van der Waals surface area contributed by atoms with Gasteiger partial charge in [-0.2, -0.15) is 5.10 Å². The van der Waals surface area contributed by atoms with Crippen LogP contribution in [0.25, 0.3) is 11.1 Å². The molecule has 5 rings (SSSR count). The van der Waals surface area contributed by atoms with Crippen molar-refractivity contribution in [3.05, 3.63) is 30.6 Å². The predicted molar refractivity (Wildman–Crippen MR) is 105 cm³/mol. The molecule has 0 radical (unpaired) electrons. The molecule has 2 amide bonds. The highest BCUT2D eigenvalue weighted by atomic mass is 16.5. The minimum Gasteiger partial charge on any atom is -0.377 e. The average molecular weight is 380 g/mol. The van der Waals surface area contributed by atoms with Crippen LogP contribution in [-0.4, -0.2) is 47.4 Å². The highest BCUT2D eigenvalue weighted by Crippen LogP contribution is 2.42. The molecule has 2 aliphatic heterocycles. The number of carbonyl (C=O) groups excluding carboxylic acids is 2. The Balaban J connectivity index is 1.55. The number of benzene rings is 1. The van der Waals surface area contributed by atoms with E-state index >= 15 is 0 Å². The second-order valence-electron chi connectivity index (χ2n) is 8.06. The fourth-order valence-corrected chi connectivity index (χ4v) is 4.11. The third kappa shape index (κ3) is 2.81. The van der Waals surface area contributed by atoms with Crippen molar-refractivity contribution in [1.82, 2.24) is 9.78 Å². The lowest BCUT2D eigenvalue weighted by atomic mass is 10.0. The Morgan fingerprint density at radius 1 is 1.14 bits per heavy atom. The Kier molecular flexibility index (Phi) is 4.01. The van der Waals surface area contributed by atoms with Gasteiger partial charge in [-0.3, -0.25) is 14.3 Å². The molecular formula is C21H24N4O3. The van der Waals surface area contributed by atoms with Crippen molar-refractivity contribution in [1.29, 1.82) is 0 Å². The summed E-state index contributed by atoms with van der Waals surface area (Å²) in [7, 11) is 0. The molecule has 3 aliphatic rings. The van der Waals surface area contributed by atoms with Crippen molar-refractivity contribution in [2.24, 2.45) is 5.92 Å². The van der Waals surface area contributed by atoms with Gasteiger partial charge in [-0.05, 0) is 37.5 Å². The first-order chi connectivity index (χ1) is 13.5. The van der Waals surface area contributed by atoms with Gasteiger partial charge in [0.2, 0.25) is 11.8 Å². The molecule has 146 valence electrons. The third-order valence-corrected chi connectivity index (χ3v) is 5.87.